The van der Waals surface area contributed by atoms with Gasteiger partial charge in [-0.25, -0.2) is 0 Å². The lowest BCUT2D eigenvalue weighted by Gasteiger charge is -2.07. The van der Waals surface area contributed by atoms with Crippen LogP contribution >= 0.6 is 11.6 Å². The van der Waals surface area contributed by atoms with Crippen LogP contribution < -0.4 is 0 Å². The molecule has 0 amide bonds. The number of pyridine rings is 1. The van der Waals surface area contributed by atoms with E-state index in [4.69, 9.17) is 11.6 Å². The minimum atomic E-state index is 0.433. The van der Waals surface area contributed by atoms with Crippen LogP contribution in [0, 0.1) is 0 Å². The molecule has 4 heteroatoms. The van der Waals surface area contributed by atoms with Gasteiger partial charge in [0.15, 0.2) is 0 Å². The molecule has 0 radical (unpaired) electrons. The minimum absolute atomic E-state index is 0.433. The van der Waals surface area contributed by atoms with Gasteiger partial charge in [-0.1, -0.05) is 25.4 Å². The topological polar surface area (TPSA) is 30.7 Å². The lowest BCUT2D eigenvalue weighted by atomic mass is 10.1. The Morgan fingerprint density at radius 2 is 2.12 bits per heavy atom. The first-order valence-corrected chi connectivity index (χ1v) is 5.61. The Hall–Kier alpha value is -1.35. The van der Waals surface area contributed by atoms with Crippen molar-refractivity contribution in [2.75, 3.05) is 0 Å². The molecule has 0 bridgehead atoms. The molecule has 0 fully saturated rings. The van der Waals surface area contributed by atoms with Gasteiger partial charge in [0.2, 0.25) is 0 Å². The standard InChI is InChI=1S/C12H14ClN3/c1-8(2)9-6-10(13)12(14-7-9)11-4-5-16(3)15-11/h4-8H,1-3H3. The maximum Gasteiger partial charge on any atom is 0.112 e. The van der Waals surface area contributed by atoms with Gasteiger partial charge in [0.1, 0.15) is 11.4 Å². The number of halogens is 1. The van der Waals surface area contributed by atoms with Gasteiger partial charge in [-0.15, -0.1) is 0 Å². The maximum absolute atomic E-state index is 6.21. The highest BCUT2D eigenvalue weighted by molar-refractivity contribution is 6.33. The van der Waals surface area contributed by atoms with Crippen molar-refractivity contribution in [1.82, 2.24) is 14.8 Å². The second-order valence-electron chi connectivity index (χ2n) is 4.13. The number of rotatable bonds is 2. The summed E-state index contributed by atoms with van der Waals surface area (Å²) in [6.07, 6.45) is 3.74. The molecule has 0 spiro atoms. The highest BCUT2D eigenvalue weighted by Gasteiger charge is 2.10. The fourth-order valence-electron chi connectivity index (χ4n) is 1.50. The number of hydrogen-bond acceptors (Lipinski definition) is 2. The van der Waals surface area contributed by atoms with Crippen LogP contribution in [0.25, 0.3) is 11.4 Å². The average molecular weight is 236 g/mol. The zero-order chi connectivity index (χ0) is 11.7. The second kappa shape index (κ2) is 4.26. The van der Waals surface area contributed by atoms with E-state index in [0.29, 0.717) is 10.9 Å². The monoisotopic (exact) mass is 235 g/mol. The van der Waals surface area contributed by atoms with Crippen LogP contribution in [0.1, 0.15) is 25.3 Å². The summed E-state index contributed by atoms with van der Waals surface area (Å²) in [6, 6.07) is 3.87. The van der Waals surface area contributed by atoms with Crippen LogP contribution in [-0.2, 0) is 7.05 Å². The lowest BCUT2D eigenvalue weighted by molar-refractivity contribution is 0.769. The van der Waals surface area contributed by atoms with E-state index in [2.05, 4.69) is 23.9 Å². The normalized spacial score (nSPS) is 11.1. The van der Waals surface area contributed by atoms with E-state index in [-0.39, 0.29) is 0 Å². The maximum atomic E-state index is 6.21. The highest BCUT2D eigenvalue weighted by Crippen LogP contribution is 2.27. The molecule has 0 aromatic carbocycles. The van der Waals surface area contributed by atoms with Crippen molar-refractivity contribution in [2.45, 2.75) is 19.8 Å². The summed E-state index contributed by atoms with van der Waals surface area (Å²) < 4.78 is 1.74. The zero-order valence-corrected chi connectivity index (χ0v) is 10.4. The molecule has 84 valence electrons. The smallest absolute Gasteiger partial charge is 0.112 e. The molecule has 0 aliphatic rings. The van der Waals surface area contributed by atoms with E-state index in [0.717, 1.165) is 17.0 Å². The van der Waals surface area contributed by atoms with Crippen LogP contribution in [-0.4, -0.2) is 14.8 Å². The first-order valence-electron chi connectivity index (χ1n) is 5.23. The Morgan fingerprint density at radius 1 is 1.38 bits per heavy atom. The lowest BCUT2D eigenvalue weighted by Crippen LogP contribution is -1.94. The molecule has 0 unspecified atom stereocenters. The van der Waals surface area contributed by atoms with E-state index in [1.807, 2.05) is 31.6 Å². The molecular weight excluding hydrogens is 222 g/mol. The summed E-state index contributed by atoms with van der Waals surface area (Å²) in [6.45, 7) is 4.24. The second-order valence-corrected chi connectivity index (χ2v) is 4.54. The van der Waals surface area contributed by atoms with Crippen molar-refractivity contribution in [1.29, 1.82) is 0 Å². The number of aryl methyl sites for hydroxylation is 1. The average Bonchev–Trinajstić information content (AvgIpc) is 2.64. The fraction of sp³-hybridized carbons (Fsp3) is 0.333. The minimum Gasteiger partial charge on any atom is -0.275 e. The molecule has 16 heavy (non-hydrogen) atoms. The van der Waals surface area contributed by atoms with Gasteiger partial charge in [-0.3, -0.25) is 9.67 Å². The van der Waals surface area contributed by atoms with E-state index < -0.39 is 0 Å². The highest BCUT2D eigenvalue weighted by atomic mass is 35.5. The molecule has 0 N–H and O–H groups in total. The van der Waals surface area contributed by atoms with Crippen molar-refractivity contribution >= 4 is 11.6 Å². The van der Waals surface area contributed by atoms with Crippen LogP contribution in [0.5, 0.6) is 0 Å². The summed E-state index contributed by atoms with van der Waals surface area (Å²) in [4.78, 5) is 4.38. The predicted octanol–water partition coefficient (Wildman–Crippen LogP) is 3.26. The van der Waals surface area contributed by atoms with Crippen LogP contribution in [0.4, 0.5) is 0 Å². The molecule has 0 aliphatic heterocycles. The molecule has 2 rings (SSSR count). The van der Waals surface area contributed by atoms with Gasteiger partial charge in [0, 0.05) is 19.4 Å². The third-order valence-corrected chi connectivity index (χ3v) is 2.77. The van der Waals surface area contributed by atoms with Crippen LogP contribution in [0.15, 0.2) is 24.5 Å². The van der Waals surface area contributed by atoms with Crippen LogP contribution in [0.2, 0.25) is 5.02 Å². The van der Waals surface area contributed by atoms with Gasteiger partial charge in [0.25, 0.3) is 0 Å². The SMILES string of the molecule is CC(C)c1cnc(-c2ccn(C)n2)c(Cl)c1. The number of hydrogen-bond donors (Lipinski definition) is 0. The Bertz CT molecular complexity index is 503. The molecule has 2 heterocycles. The van der Waals surface area contributed by atoms with Gasteiger partial charge in [0.05, 0.1) is 5.02 Å². The van der Waals surface area contributed by atoms with Gasteiger partial charge < -0.3 is 0 Å². The summed E-state index contributed by atoms with van der Waals surface area (Å²) in [5.74, 6) is 0.433. The van der Waals surface area contributed by atoms with Crippen LogP contribution in [0.3, 0.4) is 0 Å². The zero-order valence-electron chi connectivity index (χ0n) is 9.61. The predicted molar refractivity (Wildman–Crippen MR) is 65.5 cm³/mol. The quantitative estimate of drug-likeness (QED) is 0.800. The van der Waals surface area contributed by atoms with Crippen molar-refractivity contribution < 1.29 is 0 Å². The van der Waals surface area contributed by atoms with Crippen molar-refractivity contribution in [2.24, 2.45) is 7.05 Å². The summed E-state index contributed by atoms with van der Waals surface area (Å²) >= 11 is 6.21. The Morgan fingerprint density at radius 3 is 2.62 bits per heavy atom. The molecular formula is C12H14ClN3. The molecule has 0 saturated carbocycles. The third kappa shape index (κ3) is 2.09. The first-order chi connectivity index (χ1) is 7.58. The van der Waals surface area contributed by atoms with Gasteiger partial charge >= 0.3 is 0 Å². The van der Waals surface area contributed by atoms with E-state index in [1.54, 1.807) is 4.68 Å². The number of nitrogens with zero attached hydrogens (tertiary/aromatic N) is 3. The van der Waals surface area contributed by atoms with Gasteiger partial charge in [-0.05, 0) is 23.6 Å². The van der Waals surface area contributed by atoms with E-state index in [1.165, 1.54) is 0 Å². The van der Waals surface area contributed by atoms with E-state index in [9.17, 15) is 0 Å². The largest absolute Gasteiger partial charge is 0.275 e. The summed E-state index contributed by atoms with van der Waals surface area (Å²) in [5, 5.41) is 4.94. The van der Waals surface area contributed by atoms with Crippen molar-refractivity contribution in [3.8, 4) is 11.4 Å². The Balaban J connectivity index is 2.44. The van der Waals surface area contributed by atoms with E-state index >= 15 is 0 Å². The van der Waals surface area contributed by atoms with Crippen molar-refractivity contribution in [3.63, 3.8) is 0 Å². The summed E-state index contributed by atoms with van der Waals surface area (Å²) in [7, 11) is 1.87. The Kier molecular flexibility index (Phi) is 2.97. The molecule has 0 aliphatic carbocycles. The molecule has 2 aromatic rings. The molecule has 0 saturated heterocycles. The van der Waals surface area contributed by atoms with Crippen molar-refractivity contribution in [3.05, 3.63) is 35.1 Å². The molecule has 2 aromatic heterocycles. The number of aromatic nitrogens is 3. The summed E-state index contributed by atoms with van der Waals surface area (Å²) in [5.41, 5.74) is 2.69. The molecule has 0 atom stereocenters. The first kappa shape index (κ1) is 11.1. The fourth-order valence-corrected chi connectivity index (χ4v) is 1.77. The van der Waals surface area contributed by atoms with Gasteiger partial charge in [-0.2, -0.15) is 5.10 Å². The molecule has 3 nitrogen and oxygen atoms in total. The third-order valence-electron chi connectivity index (χ3n) is 2.49. The Labute approximate surface area is 100 Å².